The number of hydrogen-bond acceptors (Lipinski definition) is 7. The Morgan fingerprint density at radius 2 is 1.85 bits per heavy atom. The van der Waals surface area contributed by atoms with Crippen molar-refractivity contribution in [2.45, 2.75) is 32.1 Å². The molecule has 9 heteroatoms. The van der Waals surface area contributed by atoms with E-state index in [2.05, 4.69) is 10.6 Å². The summed E-state index contributed by atoms with van der Waals surface area (Å²) in [4.78, 5) is 30.5. The number of nitrogens with one attached hydrogen (secondary N) is 1. The second-order valence-corrected chi connectivity index (χ2v) is 10.2. The summed E-state index contributed by atoms with van der Waals surface area (Å²) in [5.41, 5.74) is 7.33. The number of nitrogens with two attached hydrogens (primary N) is 1. The summed E-state index contributed by atoms with van der Waals surface area (Å²) in [7, 11) is 1.58. The lowest BCUT2D eigenvalue weighted by atomic mass is 9.76. The number of hydrogen-bond donors (Lipinski definition) is 2. The third-order valence-electron chi connectivity index (χ3n) is 7.75. The summed E-state index contributed by atoms with van der Waals surface area (Å²) in [5, 5.41) is 7.56. The minimum Gasteiger partial charge on any atom is -0.496 e. The van der Waals surface area contributed by atoms with Gasteiger partial charge in [-0.25, -0.2) is 0 Å². The van der Waals surface area contributed by atoms with Gasteiger partial charge in [0.1, 0.15) is 5.75 Å². The fraction of sp³-hybridized carbons (Fsp3) is 0.560. The molecule has 3 aliphatic heterocycles. The quantitative estimate of drug-likeness (QED) is 0.474. The number of anilines is 1. The molecule has 2 amide bonds. The van der Waals surface area contributed by atoms with Crippen LogP contribution in [-0.4, -0.2) is 73.3 Å². The molecule has 34 heavy (non-hydrogen) atoms. The first-order valence-corrected chi connectivity index (χ1v) is 13.1. The van der Waals surface area contributed by atoms with Crippen LogP contribution in [0.3, 0.4) is 0 Å². The van der Waals surface area contributed by atoms with E-state index in [1.54, 1.807) is 19.1 Å². The van der Waals surface area contributed by atoms with Gasteiger partial charge < -0.3 is 25.7 Å². The highest BCUT2D eigenvalue weighted by atomic mass is 32.2. The number of carbonyl (C=O) groups excluding carboxylic acids is 2. The number of piperidine rings is 2. The van der Waals surface area contributed by atoms with Crippen LogP contribution in [0.1, 0.15) is 37.7 Å². The molecule has 184 valence electrons. The topological polar surface area (TPSA) is 103 Å². The molecular formula is C25H35N5O3S. The van der Waals surface area contributed by atoms with Crippen molar-refractivity contribution in [2.75, 3.05) is 51.0 Å². The highest BCUT2D eigenvalue weighted by Gasteiger charge is 2.49. The number of methoxy groups -OCH3 is 1. The normalized spacial score (nSPS) is 21.8. The molecule has 1 spiro atoms. The van der Waals surface area contributed by atoms with Crippen molar-refractivity contribution in [1.29, 1.82) is 5.41 Å². The van der Waals surface area contributed by atoms with Crippen LogP contribution >= 0.6 is 11.9 Å². The van der Waals surface area contributed by atoms with Gasteiger partial charge in [0, 0.05) is 73.9 Å². The first kappa shape index (κ1) is 24.6. The average Bonchev–Trinajstić information content (AvgIpc) is 3.20. The number of allylic oxidation sites excluding steroid dienone is 1. The van der Waals surface area contributed by atoms with Crippen molar-refractivity contribution < 1.29 is 14.3 Å². The summed E-state index contributed by atoms with van der Waals surface area (Å²) in [6.45, 7) is 3.91. The van der Waals surface area contributed by atoms with Gasteiger partial charge in [-0.05, 0) is 50.5 Å². The van der Waals surface area contributed by atoms with Crippen LogP contribution < -0.4 is 15.4 Å². The number of amides is 2. The van der Waals surface area contributed by atoms with Crippen molar-refractivity contribution in [2.24, 2.45) is 17.1 Å². The summed E-state index contributed by atoms with van der Waals surface area (Å²) in [6.07, 6.45) is 8.75. The molecule has 3 aliphatic rings. The zero-order valence-electron chi connectivity index (χ0n) is 20.1. The van der Waals surface area contributed by atoms with E-state index >= 15 is 0 Å². The molecule has 1 aromatic carbocycles. The van der Waals surface area contributed by atoms with Gasteiger partial charge in [0.15, 0.2) is 0 Å². The molecule has 4 rings (SSSR count). The minimum atomic E-state index is -0.387. The number of ether oxygens (including phenoxy) is 1. The molecule has 0 aliphatic carbocycles. The second-order valence-electron chi connectivity index (χ2n) is 9.35. The Balaban J connectivity index is 1.41. The van der Waals surface area contributed by atoms with Crippen molar-refractivity contribution in [3.63, 3.8) is 0 Å². The van der Waals surface area contributed by atoms with Gasteiger partial charge in [-0.3, -0.25) is 13.9 Å². The third kappa shape index (κ3) is 4.55. The number of benzene rings is 1. The fourth-order valence-electron chi connectivity index (χ4n) is 5.53. The van der Waals surface area contributed by atoms with Gasteiger partial charge in [0.2, 0.25) is 11.8 Å². The molecule has 8 nitrogen and oxygen atoms in total. The molecule has 0 bridgehead atoms. The number of likely N-dealkylation sites (tertiary alicyclic amines) is 1. The predicted octanol–water partition coefficient (Wildman–Crippen LogP) is 2.98. The van der Waals surface area contributed by atoms with E-state index in [0.29, 0.717) is 31.0 Å². The van der Waals surface area contributed by atoms with E-state index in [9.17, 15) is 9.59 Å². The fourth-order valence-corrected chi connectivity index (χ4v) is 6.11. The molecule has 0 aromatic heterocycles. The zero-order valence-corrected chi connectivity index (χ0v) is 20.9. The molecule has 0 atom stereocenters. The van der Waals surface area contributed by atoms with E-state index in [-0.39, 0.29) is 23.1 Å². The lowest BCUT2D eigenvalue weighted by molar-refractivity contribution is -0.141. The van der Waals surface area contributed by atoms with Crippen molar-refractivity contribution in [1.82, 2.24) is 9.21 Å². The highest BCUT2D eigenvalue weighted by Crippen LogP contribution is 2.44. The molecule has 3 N–H and O–H groups in total. The maximum absolute atomic E-state index is 13.6. The summed E-state index contributed by atoms with van der Waals surface area (Å²) >= 11 is 1.75. The number of carbonyl (C=O) groups is 2. The molecule has 3 heterocycles. The van der Waals surface area contributed by atoms with Crippen LogP contribution in [0.4, 0.5) is 5.69 Å². The van der Waals surface area contributed by atoms with E-state index in [4.69, 9.17) is 15.9 Å². The molecular weight excluding hydrogens is 450 g/mol. The van der Waals surface area contributed by atoms with Crippen LogP contribution in [0, 0.1) is 16.7 Å². The Bertz CT molecular complexity index is 965. The first-order valence-electron chi connectivity index (χ1n) is 12.0. The summed E-state index contributed by atoms with van der Waals surface area (Å²) in [6, 6.07) is 5.58. The summed E-state index contributed by atoms with van der Waals surface area (Å²) in [5.74, 6) is 1.12. The molecule has 0 unspecified atom stereocenters. The Hall–Kier alpha value is -2.52. The van der Waals surface area contributed by atoms with Crippen LogP contribution in [0.15, 0.2) is 24.4 Å². The van der Waals surface area contributed by atoms with Gasteiger partial charge in [-0.15, -0.1) is 0 Å². The largest absolute Gasteiger partial charge is 0.496 e. The zero-order chi connectivity index (χ0) is 24.3. The van der Waals surface area contributed by atoms with Crippen LogP contribution in [-0.2, 0) is 9.59 Å². The molecule has 0 saturated carbocycles. The Labute approximate surface area is 206 Å². The van der Waals surface area contributed by atoms with Crippen molar-refractivity contribution in [3.8, 4) is 5.75 Å². The lowest BCUT2D eigenvalue weighted by Gasteiger charge is -2.40. The maximum atomic E-state index is 13.6. The SMILES string of the molecule is COc1cc(N2CCC3(CCN(C(=O)C4CCN(SC)CC4)CC3)C2=O)ccc1/C(C=N)=C/N. The predicted molar refractivity (Wildman–Crippen MR) is 137 cm³/mol. The average molecular weight is 486 g/mol. The van der Waals surface area contributed by atoms with E-state index in [0.717, 1.165) is 56.4 Å². The van der Waals surface area contributed by atoms with Crippen LogP contribution in [0.25, 0.3) is 5.57 Å². The Kier molecular flexibility index (Phi) is 7.52. The van der Waals surface area contributed by atoms with Gasteiger partial charge in [0.25, 0.3) is 0 Å². The number of nitrogens with zero attached hydrogens (tertiary/aromatic N) is 3. The molecule has 3 fully saturated rings. The Morgan fingerprint density at radius 1 is 1.18 bits per heavy atom. The molecule has 3 saturated heterocycles. The monoisotopic (exact) mass is 485 g/mol. The van der Waals surface area contributed by atoms with Gasteiger partial charge in [0.05, 0.1) is 12.5 Å². The number of rotatable bonds is 6. The van der Waals surface area contributed by atoms with Crippen LogP contribution in [0.5, 0.6) is 5.75 Å². The maximum Gasteiger partial charge on any atom is 0.233 e. The minimum absolute atomic E-state index is 0.118. The van der Waals surface area contributed by atoms with E-state index in [1.807, 2.05) is 28.0 Å². The van der Waals surface area contributed by atoms with E-state index in [1.165, 1.54) is 12.4 Å². The smallest absolute Gasteiger partial charge is 0.233 e. The standard InChI is InChI=1S/C25H35N5O3S/c1-33-22-15-20(3-4-21(22)19(16-26)17-27)30-14-9-25(24(30)32)7-12-28(13-8-25)23(31)18-5-10-29(34-2)11-6-18/h3-4,15-18,26H,5-14,27H2,1-2H3/b19-17+,26-16?. The first-order chi connectivity index (χ1) is 16.5. The molecule has 1 aromatic rings. The van der Waals surface area contributed by atoms with Crippen molar-refractivity contribution in [3.05, 3.63) is 30.0 Å². The second kappa shape index (κ2) is 10.4. The highest BCUT2D eigenvalue weighted by molar-refractivity contribution is 7.96. The Morgan fingerprint density at radius 3 is 2.44 bits per heavy atom. The van der Waals surface area contributed by atoms with Gasteiger partial charge >= 0.3 is 0 Å². The lowest BCUT2D eigenvalue weighted by Crippen LogP contribution is -2.49. The summed E-state index contributed by atoms with van der Waals surface area (Å²) < 4.78 is 7.85. The van der Waals surface area contributed by atoms with Gasteiger partial charge in [-0.2, -0.15) is 0 Å². The molecule has 0 radical (unpaired) electrons. The van der Waals surface area contributed by atoms with Gasteiger partial charge in [-0.1, -0.05) is 11.9 Å². The van der Waals surface area contributed by atoms with E-state index < -0.39 is 0 Å². The van der Waals surface area contributed by atoms with Crippen LogP contribution in [0.2, 0.25) is 0 Å². The van der Waals surface area contributed by atoms with Crippen molar-refractivity contribution >= 4 is 41.2 Å². The third-order valence-corrected chi connectivity index (χ3v) is 8.63.